The molecule has 4 aliphatic rings. The number of aromatic nitrogens is 2. The van der Waals surface area contributed by atoms with E-state index in [1.165, 1.54) is 29.7 Å². The number of anilines is 1. The fourth-order valence-corrected chi connectivity index (χ4v) is 7.71. The highest BCUT2D eigenvalue weighted by atomic mass is 16.7. The molecule has 4 unspecified atom stereocenters. The van der Waals surface area contributed by atoms with Gasteiger partial charge in [-0.1, -0.05) is 13.0 Å². The van der Waals surface area contributed by atoms with Crippen molar-refractivity contribution in [2.24, 2.45) is 5.92 Å². The van der Waals surface area contributed by atoms with Gasteiger partial charge in [-0.2, -0.15) is 0 Å². The van der Waals surface area contributed by atoms with E-state index in [1.807, 2.05) is 0 Å². The zero-order chi connectivity index (χ0) is 45.4. The van der Waals surface area contributed by atoms with Gasteiger partial charge < -0.3 is 59.2 Å². The Morgan fingerprint density at radius 1 is 0.938 bits per heavy atom. The van der Waals surface area contributed by atoms with Crippen LogP contribution in [0.4, 0.5) is 10.5 Å². The molecule has 2 saturated heterocycles. The van der Waals surface area contributed by atoms with E-state index < -0.39 is 60.5 Å². The van der Waals surface area contributed by atoms with Crippen molar-refractivity contribution in [2.75, 3.05) is 25.2 Å². The van der Waals surface area contributed by atoms with Crippen molar-refractivity contribution >= 4 is 52.3 Å². The largest absolute Gasteiger partial charge is 0.507 e. The van der Waals surface area contributed by atoms with Crippen molar-refractivity contribution in [3.05, 3.63) is 69.0 Å². The molecule has 336 valence electrons. The maximum atomic E-state index is 13.5. The number of esters is 1. The quantitative estimate of drug-likeness (QED) is 0.0744. The van der Waals surface area contributed by atoms with E-state index >= 15 is 0 Å². The third kappa shape index (κ3) is 8.84. The number of carbonyl (C=O) groups excluding carboxylic acids is 6. The molecule has 5 N–H and O–H groups in total. The summed E-state index contributed by atoms with van der Waals surface area (Å²) < 4.78 is 34.5. The smallest absolute Gasteiger partial charge is 0.407 e. The van der Waals surface area contributed by atoms with Gasteiger partial charge in [-0.3, -0.25) is 33.7 Å². The second-order valence-corrected chi connectivity index (χ2v) is 15.7. The van der Waals surface area contributed by atoms with Crippen LogP contribution in [0.1, 0.15) is 62.3 Å². The average molecular weight is 885 g/mol. The molecule has 4 aromatic rings. The Morgan fingerprint density at radius 3 is 2.44 bits per heavy atom. The van der Waals surface area contributed by atoms with E-state index in [4.69, 9.17) is 33.4 Å². The number of likely N-dealkylation sites (tertiary alicyclic amines) is 1. The van der Waals surface area contributed by atoms with Crippen LogP contribution in [0.15, 0.2) is 41.2 Å². The van der Waals surface area contributed by atoms with Gasteiger partial charge in [-0.15, -0.1) is 0 Å². The number of aromatic hydroxyl groups is 1. The number of amides is 5. The lowest BCUT2D eigenvalue weighted by molar-refractivity contribution is -0.286. The first-order chi connectivity index (χ1) is 30.6. The van der Waals surface area contributed by atoms with E-state index in [2.05, 4.69) is 16.0 Å². The van der Waals surface area contributed by atoms with Crippen molar-refractivity contribution in [1.29, 1.82) is 0 Å². The minimum absolute atomic E-state index is 0.00294. The number of ether oxygens (including phenoxy) is 6. The number of imide groups is 1. The number of alkyl carbamates (subject to hydrolysis) is 1. The standard InChI is InChI=1S/C43H44N6O15/c1-20-10-37(54)48(40(20)56)9-7-35(52)44-8-6-36(53)46-29-11-23(4-5-32(29)64-42-39(55)21(2)63-42)17-60-43(58)45-15-25-24-12-33-34(62-19-61-33)13-28(24)47-38-26(25)16-49-30(38)14-31(51)27(41(49)57)18-59-22(3)50/h4-5,11-14,20-21,39,42,51,55H,6-10,15-19H2,1-3H3,(H,44,52)(H,45,58)(H,46,53). The summed E-state index contributed by atoms with van der Waals surface area (Å²) in [6.07, 6.45) is -3.36. The van der Waals surface area contributed by atoms with Gasteiger partial charge in [0, 0.05) is 74.8 Å². The molecule has 0 radical (unpaired) electrons. The topological polar surface area (TPSA) is 272 Å². The number of hydrogen-bond donors (Lipinski definition) is 5. The van der Waals surface area contributed by atoms with E-state index in [1.54, 1.807) is 32.0 Å². The number of benzene rings is 2. The summed E-state index contributed by atoms with van der Waals surface area (Å²) in [7, 11) is 0. The fraction of sp³-hybridized carbons (Fsp3) is 0.395. The van der Waals surface area contributed by atoms with Crippen LogP contribution in [0.5, 0.6) is 23.0 Å². The van der Waals surface area contributed by atoms with Gasteiger partial charge in [-0.05, 0) is 36.2 Å². The molecule has 0 bridgehead atoms. The third-order valence-electron chi connectivity index (χ3n) is 11.2. The normalized spacial score (nSPS) is 19.2. The Balaban J connectivity index is 0.935. The molecule has 2 aromatic carbocycles. The molecule has 0 saturated carbocycles. The van der Waals surface area contributed by atoms with Crippen LogP contribution in [-0.4, -0.2) is 98.7 Å². The average Bonchev–Trinajstić information content (AvgIpc) is 3.94. The first-order valence-corrected chi connectivity index (χ1v) is 20.4. The molecule has 4 aliphatic heterocycles. The summed E-state index contributed by atoms with van der Waals surface area (Å²) >= 11 is 0. The van der Waals surface area contributed by atoms with Crippen LogP contribution in [0.25, 0.3) is 22.3 Å². The summed E-state index contributed by atoms with van der Waals surface area (Å²) in [5.41, 5.74) is 2.28. The van der Waals surface area contributed by atoms with Crippen LogP contribution >= 0.6 is 0 Å². The number of aliphatic hydroxyl groups excluding tert-OH is 1. The van der Waals surface area contributed by atoms with E-state index in [0.29, 0.717) is 50.5 Å². The maximum Gasteiger partial charge on any atom is 0.407 e. The Bertz CT molecular complexity index is 2670. The number of fused-ring (bicyclic) bond motifs is 5. The fourth-order valence-electron chi connectivity index (χ4n) is 7.71. The van der Waals surface area contributed by atoms with Crippen LogP contribution in [-0.2, 0) is 64.5 Å². The van der Waals surface area contributed by atoms with Crippen molar-refractivity contribution in [2.45, 2.75) is 84.8 Å². The van der Waals surface area contributed by atoms with Crippen LogP contribution in [0.2, 0.25) is 0 Å². The molecule has 6 heterocycles. The number of nitrogens with one attached hydrogen (secondary N) is 3. The number of hydrogen-bond acceptors (Lipinski definition) is 16. The monoisotopic (exact) mass is 884 g/mol. The molecular formula is C43H44N6O15. The first kappa shape index (κ1) is 43.4. The van der Waals surface area contributed by atoms with E-state index in [9.17, 15) is 43.8 Å². The van der Waals surface area contributed by atoms with Crippen molar-refractivity contribution in [3.63, 3.8) is 0 Å². The Kier molecular flexibility index (Phi) is 12.1. The van der Waals surface area contributed by atoms with Crippen LogP contribution in [0.3, 0.4) is 0 Å². The van der Waals surface area contributed by atoms with Gasteiger partial charge >= 0.3 is 12.1 Å². The molecule has 64 heavy (non-hydrogen) atoms. The molecule has 21 nitrogen and oxygen atoms in total. The second-order valence-electron chi connectivity index (χ2n) is 15.7. The van der Waals surface area contributed by atoms with E-state index in [-0.39, 0.29) is 93.4 Å². The molecule has 0 aliphatic carbocycles. The van der Waals surface area contributed by atoms with Gasteiger partial charge in [0.2, 0.25) is 36.7 Å². The number of rotatable bonds is 15. The number of pyridine rings is 2. The lowest BCUT2D eigenvalue weighted by Crippen LogP contribution is -2.55. The molecule has 21 heteroatoms. The Labute approximate surface area is 363 Å². The molecule has 0 spiro atoms. The number of carbonyl (C=O) groups is 6. The Hall–Kier alpha value is -7.26. The van der Waals surface area contributed by atoms with Gasteiger partial charge in [0.05, 0.1) is 40.8 Å². The highest BCUT2D eigenvalue weighted by molar-refractivity contribution is 6.03. The molecule has 5 amide bonds. The minimum atomic E-state index is -0.999. The lowest BCUT2D eigenvalue weighted by atomic mass is 10.00. The Morgan fingerprint density at radius 2 is 1.72 bits per heavy atom. The number of aliphatic hydroxyl groups is 1. The lowest BCUT2D eigenvalue weighted by Gasteiger charge is -2.39. The summed E-state index contributed by atoms with van der Waals surface area (Å²) in [4.78, 5) is 93.9. The summed E-state index contributed by atoms with van der Waals surface area (Å²) in [5.74, 6) is -1.94. The summed E-state index contributed by atoms with van der Waals surface area (Å²) in [6, 6.07) is 9.41. The van der Waals surface area contributed by atoms with Gasteiger partial charge in [0.15, 0.2) is 11.5 Å². The predicted octanol–water partition coefficient (Wildman–Crippen LogP) is 2.06. The molecule has 2 fully saturated rings. The third-order valence-corrected chi connectivity index (χ3v) is 11.2. The summed E-state index contributed by atoms with van der Waals surface area (Å²) in [5, 5.41) is 29.8. The number of nitrogens with zero attached hydrogens (tertiary/aromatic N) is 3. The predicted molar refractivity (Wildman–Crippen MR) is 220 cm³/mol. The zero-order valence-corrected chi connectivity index (χ0v) is 34.9. The highest BCUT2D eigenvalue weighted by Gasteiger charge is 2.40. The highest BCUT2D eigenvalue weighted by Crippen LogP contribution is 2.42. The van der Waals surface area contributed by atoms with E-state index in [0.717, 1.165) is 4.90 Å². The first-order valence-electron chi connectivity index (χ1n) is 20.4. The molecule has 8 rings (SSSR count). The van der Waals surface area contributed by atoms with Crippen LogP contribution < -0.4 is 35.7 Å². The van der Waals surface area contributed by atoms with Crippen LogP contribution in [0, 0.1) is 5.92 Å². The molecular weight excluding hydrogens is 840 g/mol. The second kappa shape index (κ2) is 17.8. The van der Waals surface area contributed by atoms with Gasteiger partial charge in [0.1, 0.15) is 30.8 Å². The minimum Gasteiger partial charge on any atom is -0.507 e. The van der Waals surface area contributed by atoms with Crippen molar-refractivity contribution in [3.8, 4) is 34.4 Å². The SMILES string of the molecule is CC(=O)OCc1c(O)cc2n(c1=O)Cc1c-2nc2cc3c(cc2c1CNC(=O)OCc1ccc(OC2OC(C)C2O)c(NC(=O)CCNC(=O)CCN2C(=O)CC(C)C2=O)c1)OCO3. The van der Waals surface area contributed by atoms with Gasteiger partial charge in [0.25, 0.3) is 5.56 Å². The maximum absolute atomic E-state index is 13.5. The molecule has 4 atom stereocenters. The zero-order valence-electron chi connectivity index (χ0n) is 34.9. The summed E-state index contributed by atoms with van der Waals surface area (Å²) in [6.45, 7) is 3.67. The van der Waals surface area contributed by atoms with Gasteiger partial charge in [-0.25, -0.2) is 9.78 Å². The molecule has 2 aromatic heterocycles. The van der Waals surface area contributed by atoms with Crippen molar-refractivity contribution < 1.29 is 67.4 Å². The van der Waals surface area contributed by atoms with Crippen molar-refractivity contribution in [1.82, 2.24) is 25.1 Å².